The van der Waals surface area contributed by atoms with Crippen LogP contribution in [0.1, 0.15) is 35.5 Å². The maximum absolute atomic E-state index is 13.3. The Hall–Kier alpha value is -2.81. The summed E-state index contributed by atoms with van der Waals surface area (Å²) in [6, 6.07) is 8.06. The SMILES string of the molecule is COC(=O)c1cc2c(COCC3COC(C)(C)O3)cn(Cc3ccc(F)cc3)c2cn1. The monoisotopic (exact) mass is 428 g/mol. The summed E-state index contributed by atoms with van der Waals surface area (Å²) in [7, 11) is 1.32. The topological polar surface area (TPSA) is 71.8 Å². The number of carbonyl (C=O) groups is 1. The number of pyridine rings is 1. The first kappa shape index (κ1) is 21.4. The molecule has 1 saturated heterocycles. The van der Waals surface area contributed by atoms with E-state index >= 15 is 0 Å². The lowest BCUT2D eigenvalue weighted by Gasteiger charge is -2.17. The van der Waals surface area contributed by atoms with E-state index in [1.54, 1.807) is 24.4 Å². The van der Waals surface area contributed by atoms with Gasteiger partial charge in [0.15, 0.2) is 5.79 Å². The van der Waals surface area contributed by atoms with Crippen LogP contribution in [0.25, 0.3) is 10.9 Å². The number of aromatic nitrogens is 2. The molecule has 0 bridgehead atoms. The van der Waals surface area contributed by atoms with Crippen molar-refractivity contribution in [3.8, 4) is 0 Å². The molecule has 3 heterocycles. The third-order valence-corrected chi connectivity index (χ3v) is 5.14. The van der Waals surface area contributed by atoms with E-state index in [0.717, 1.165) is 22.0 Å². The third-order valence-electron chi connectivity index (χ3n) is 5.14. The summed E-state index contributed by atoms with van der Waals surface area (Å²) >= 11 is 0. The highest BCUT2D eigenvalue weighted by molar-refractivity contribution is 5.93. The Morgan fingerprint density at radius 2 is 2.10 bits per heavy atom. The number of nitrogens with zero attached hydrogens (tertiary/aromatic N) is 2. The highest BCUT2D eigenvalue weighted by Gasteiger charge is 2.32. The van der Waals surface area contributed by atoms with E-state index in [0.29, 0.717) is 26.4 Å². The molecule has 1 aliphatic heterocycles. The van der Waals surface area contributed by atoms with Crippen LogP contribution in [0.3, 0.4) is 0 Å². The molecule has 4 rings (SSSR count). The van der Waals surface area contributed by atoms with Gasteiger partial charge >= 0.3 is 5.97 Å². The van der Waals surface area contributed by atoms with Crippen LogP contribution in [0, 0.1) is 5.82 Å². The van der Waals surface area contributed by atoms with Crippen LogP contribution in [0.2, 0.25) is 0 Å². The first-order valence-corrected chi connectivity index (χ1v) is 10.0. The van der Waals surface area contributed by atoms with Crippen molar-refractivity contribution in [3.63, 3.8) is 0 Å². The zero-order valence-corrected chi connectivity index (χ0v) is 17.8. The lowest BCUT2D eigenvalue weighted by molar-refractivity contribution is -0.145. The van der Waals surface area contributed by atoms with E-state index < -0.39 is 11.8 Å². The molecule has 0 saturated carbocycles. The highest BCUT2D eigenvalue weighted by atomic mass is 19.1. The molecular formula is C23H25FN2O5. The first-order valence-electron chi connectivity index (χ1n) is 10.0. The summed E-state index contributed by atoms with van der Waals surface area (Å²) in [5.74, 6) is -1.38. The van der Waals surface area contributed by atoms with E-state index in [1.165, 1.54) is 19.2 Å². The lowest BCUT2D eigenvalue weighted by atomic mass is 10.2. The van der Waals surface area contributed by atoms with Crippen LogP contribution in [0.15, 0.2) is 42.7 Å². The number of fused-ring (bicyclic) bond motifs is 1. The minimum atomic E-state index is -0.597. The van der Waals surface area contributed by atoms with Gasteiger partial charge in [0.05, 0.1) is 38.6 Å². The maximum Gasteiger partial charge on any atom is 0.356 e. The van der Waals surface area contributed by atoms with Crippen LogP contribution >= 0.6 is 0 Å². The molecule has 3 aromatic rings. The summed E-state index contributed by atoms with van der Waals surface area (Å²) in [5, 5.41) is 0.849. The predicted octanol–water partition coefficient (Wildman–Crippen LogP) is 3.68. The standard InChI is InChI=1S/C23H25FN2O5/c1-23(2)30-14-18(31-23)13-29-12-16-11-26(10-15-4-6-17(24)7-5-15)21-9-25-20(8-19(16)21)22(27)28-3/h4-9,11,18H,10,12-14H2,1-3H3. The molecule has 7 nitrogen and oxygen atoms in total. The quantitative estimate of drug-likeness (QED) is 0.535. The first-order chi connectivity index (χ1) is 14.8. The van der Waals surface area contributed by atoms with Crippen molar-refractivity contribution >= 4 is 16.9 Å². The van der Waals surface area contributed by atoms with Crippen LogP contribution in [-0.2, 0) is 32.1 Å². The molecule has 8 heteroatoms. The molecular weight excluding hydrogens is 403 g/mol. The van der Waals surface area contributed by atoms with Crippen molar-refractivity contribution in [3.05, 3.63) is 65.4 Å². The number of methoxy groups -OCH3 is 1. The van der Waals surface area contributed by atoms with Crippen molar-refractivity contribution in [1.29, 1.82) is 0 Å². The van der Waals surface area contributed by atoms with Crippen LogP contribution in [0.5, 0.6) is 0 Å². The van der Waals surface area contributed by atoms with E-state index in [4.69, 9.17) is 18.9 Å². The Morgan fingerprint density at radius 3 is 2.77 bits per heavy atom. The number of hydrogen-bond donors (Lipinski definition) is 0. The Bertz CT molecular complexity index is 1080. The van der Waals surface area contributed by atoms with Gasteiger partial charge in [-0.15, -0.1) is 0 Å². The number of hydrogen-bond acceptors (Lipinski definition) is 6. The second-order valence-corrected chi connectivity index (χ2v) is 7.95. The zero-order valence-electron chi connectivity index (χ0n) is 17.8. The number of carbonyl (C=O) groups excluding carboxylic acids is 1. The molecule has 31 heavy (non-hydrogen) atoms. The van der Waals surface area contributed by atoms with E-state index in [1.807, 2.05) is 24.6 Å². The molecule has 0 spiro atoms. The Kier molecular flexibility index (Phi) is 6.04. The summed E-state index contributed by atoms with van der Waals surface area (Å²) in [6.07, 6.45) is 3.48. The number of benzene rings is 1. The number of rotatable bonds is 7. The van der Waals surface area contributed by atoms with E-state index in [9.17, 15) is 9.18 Å². The molecule has 1 atom stereocenters. The summed E-state index contributed by atoms with van der Waals surface area (Å²) in [5.41, 5.74) is 2.92. The second kappa shape index (κ2) is 8.74. The van der Waals surface area contributed by atoms with Crippen LogP contribution < -0.4 is 0 Å². The Morgan fingerprint density at radius 1 is 1.32 bits per heavy atom. The largest absolute Gasteiger partial charge is 0.464 e. The van der Waals surface area contributed by atoms with Crippen molar-refractivity contribution in [2.75, 3.05) is 20.3 Å². The average molecular weight is 428 g/mol. The van der Waals surface area contributed by atoms with Crippen molar-refractivity contribution in [2.45, 2.75) is 38.9 Å². The summed E-state index contributed by atoms with van der Waals surface area (Å²) in [6.45, 7) is 5.48. The van der Waals surface area contributed by atoms with Gasteiger partial charge in [0.1, 0.15) is 17.6 Å². The fourth-order valence-electron chi connectivity index (χ4n) is 3.66. The van der Waals surface area contributed by atoms with Gasteiger partial charge in [0.2, 0.25) is 0 Å². The van der Waals surface area contributed by atoms with Gasteiger partial charge in [-0.2, -0.15) is 0 Å². The number of esters is 1. The molecule has 1 aromatic carbocycles. The minimum absolute atomic E-state index is 0.130. The highest BCUT2D eigenvalue weighted by Crippen LogP contribution is 2.26. The molecule has 1 fully saturated rings. The number of ether oxygens (including phenoxy) is 4. The molecule has 2 aromatic heterocycles. The van der Waals surface area contributed by atoms with Gasteiger partial charge in [0.25, 0.3) is 0 Å². The number of halogens is 1. The average Bonchev–Trinajstić information content (AvgIpc) is 3.28. The fraction of sp³-hybridized carbons (Fsp3) is 0.391. The van der Waals surface area contributed by atoms with Crippen molar-refractivity contribution in [1.82, 2.24) is 9.55 Å². The van der Waals surface area contributed by atoms with E-state index in [-0.39, 0.29) is 17.6 Å². The van der Waals surface area contributed by atoms with Crippen LogP contribution in [-0.4, -0.2) is 47.7 Å². The van der Waals surface area contributed by atoms with Crippen molar-refractivity contribution < 1.29 is 28.1 Å². The van der Waals surface area contributed by atoms with Gasteiger partial charge < -0.3 is 23.5 Å². The lowest BCUT2D eigenvalue weighted by Crippen LogP contribution is -2.24. The Labute approximate surface area is 179 Å². The molecule has 1 aliphatic rings. The molecule has 0 aliphatic carbocycles. The van der Waals surface area contributed by atoms with Crippen molar-refractivity contribution in [2.24, 2.45) is 0 Å². The van der Waals surface area contributed by atoms with Crippen LogP contribution in [0.4, 0.5) is 4.39 Å². The van der Waals surface area contributed by atoms with Gasteiger partial charge in [-0.05, 0) is 37.6 Å². The van der Waals surface area contributed by atoms with E-state index in [2.05, 4.69) is 4.98 Å². The molecule has 1 unspecified atom stereocenters. The molecule has 0 radical (unpaired) electrons. The summed E-state index contributed by atoms with van der Waals surface area (Å²) in [4.78, 5) is 16.2. The minimum Gasteiger partial charge on any atom is -0.464 e. The fourth-order valence-corrected chi connectivity index (χ4v) is 3.66. The third kappa shape index (κ3) is 4.92. The summed E-state index contributed by atoms with van der Waals surface area (Å²) < 4.78 is 37.3. The predicted molar refractivity (Wildman–Crippen MR) is 111 cm³/mol. The van der Waals surface area contributed by atoms with Gasteiger partial charge in [-0.25, -0.2) is 14.2 Å². The second-order valence-electron chi connectivity index (χ2n) is 7.95. The molecule has 0 amide bonds. The van der Waals surface area contributed by atoms with Gasteiger partial charge in [-0.3, -0.25) is 0 Å². The molecule has 164 valence electrons. The smallest absolute Gasteiger partial charge is 0.356 e. The Balaban J connectivity index is 1.57. The maximum atomic E-state index is 13.3. The zero-order chi connectivity index (χ0) is 22.0. The van der Waals surface area contributed by atoms with Gasteiger partial charge in [0, 0.05) is 23.7 Å². The molecule has 0 N–H and O–H groups in total. The van der Waals surface area contributed by atoms with Gasteiger partial charge in [-0.1, -0.05) is 12.1 Å². The normalized spacial score (nSPS) is 17.9.